The lowest BCUT2D eigenvalue weighted by molar-refractivity contribution is -0.139. The molecule has 1 amide bonds. The van der Waals surface area contributed by atoms with Crippen molar-refractivity contribution in [3.63, 3.8) is 0 Å². The summed E-state index contributed by atoms with van der Waals surface area (Å²) in [6, 6.07) is 11.6. The van der Waals surface area contributed by atoms with Crippen LogP contribution in [0, 0.1) is 0 Å². The number of morpholine rings is 1. The first-order valence-electron chi connectivity index (χ1n) is 7.57. The minimum absolute atomic E-state index is 0.109. The zero-order chi connectivity index (χ0) is 16.9. The summed E-state index contributed by atoms with van der Waals surface area (Å²) in [4.78, 5) is 25.0. The molecule has 2 aromatic rings. The van der Waals surface area contributed by atoms with E-state index in [-0.39, 0.29) is 30.6 Å². The number of para-hydroxylation sites is 1. The van der Waals surface area contributed by atoms with Gasteiger partial charge in [0.05, 0.1) is 25.7 Å². The summed E-state index contributed by atoms with van der Waals surface area (Å²) in [6.07, 6.45) is -0.167. The Labute approximate surface area is 138 Å². The molecule has 24 heavy (non-hydrogen) atoms. The standard InChI is InChI=1S/C17H17NO6/c19-15(20)10-12-11-22-9-8-18(12)17(21)14-6-7-16(24-14)23-13-4-2-1-3-5-13/h1-7,12H,8-11H2,(H,19,20)/t12-/m0/s1. The SMILES string of the molecule is O=C(O)C[C@H]1COCCN1C(=O)c1ccc(Oc2ccccc2)o1. The Bertz CT molecular complexity index is 711. The first-order valence-corrected chi connectivity index (χ1v) is 7.57. The second kappa shape index (κ2) is 7.18. The van der Waals surface area contributed by atoms with Gasteiger partial charge in [0.15, 0.2) is 5.76 Å². The molecule has 1 aromatic carbocycles. The molecule has 7 heteroatoms. The average molecular weight is 331 g/mol. The summed E-state index contributed by atoms with van der Waals surface area (Å²) >= 11 is 0. The van der Waals surface area contributed by atoms with Gasteiger partial charge in [0.2, 0.25) is 0 Å². The molecule has 7 nitrogen and oxygen atoms in total. The highest BCUT2D eigenvalue weighted by Gasteiger charge is 2.31. The maximum absolute atomic E-state index is 12.6. The maximum Gasteiger partial charge on any atom is 0.305 e. The third kappa shape index (κ3) is 3.75. The van der Waals surface area contributed by atoms with Crippen molar-refractivity contribution in [2.45, 2.75) is 12.5 Å². The normalized spacial score (nSPS) is 17.5. The lowest BCUT2D eigenvalue weighted by Crippen LogP contribution is -2.49. The van der Waals surface area contributed by atoms with Crippen molar-refractivity contribution in [1.29, 1.82) is 0 Å². The Hall–Kier alpha value is -2.80. The predicted octanol–water partition coefficient (Wildman–Crippen LogP) is 2.39. The molecule has 1 aromatic heterocycles. The zero-order valence-electron chi connectivity index (χ0n) is 12.9. The highest BCUT2D eigenvalue weighted by Crippen LogP contribution is 2.25. The Balaban J connectivity index is 1.71. The van der Waals surface area contributed by atoms with Crippen LogP contribution in [0.4, 0.5) is 0 Å². The molecule has 1 N–H and O–H groups in total. The van der Waals surface area contributed by atoms with Gasteiger partial charge in [-0.3, -0.25) is 9.59 Å². The number of furan rings is 1. The smallest absolute Gasteiger partial charge is 0.305 e. The number of hydrogen-bond donors (Lipinski definition) is 1. The van der Waals surface area contributed by atoms with Crippen molar-refractivity contribution >= 4 is 11.9 Å². The summed E-state index contributed by atoms with van der Waals surface area (Å²) in [5, 5.41) is 8.97. The van der Waals surface area contributed by atoms with Gasteiger partial charge >= 0.3 is 5.97 Å². The zero-order valence-corrected chi connectivity index (χ0v) is 12.9. The molecule has 0 radical (unpaired) electrons. The molecule has 1 atom stereocenters. The number of carboxylic acid groups (broad SMARTS) is 1. The molecule has 2 heterocycles. The Kier molecular flexibility index (Phi) is 4.81. The average Bonchev–Trinajstić information content (AvgIpc) is 3.03. The van der Waals surface area contributed by atoms with Crippen LogP contribution in [0.25, 0.3) is 0 Å². The molecule has 0 aliphatic carbocycles. The number of benzene rings is 1. The van der Waals surface area contributed by atoms with Crippen LogP contribution < -0.4 is 4.74 Å². The predicted molar refractivity (Wildman–Crippen MR) is 83.1 cm³/mol. The Morgan fingerprint density at radius 3 is 2.75 bits per heavy atom. The summed E-state index contributed by atoms with van der Waals surface area (Å²) in [6.45, 7) is 0.897. The number of carbonyl (C=O) groups is 2. The van der Waals surface area contributed by atoms with Crippen molar-refractivity contribution in [3.05, 3.63) is 48.2 Å². The molecule has 3 rings (SSSR count). The molecule has 1 fully saturated rings. The van der Waals surface area contributed by atoms with Gasteiger partial charge in [-0.05, 0) is 18.2 Å². The van der Waals surface area contributed by atoms with Gasteiger partial charge in [-0.1, -0.05) is 18.2 Å². The van der Waals surface area contributed by atoms with E-state index in [9.17, 15) is 9.59 Å². The monoisotopic (exact) mass is 331 g/mol. The molecule has 126 valence electrons. The van der Waals surface area contributed by atoms with Crippen LogP contribution in [0.1, 0.15) is 17.0 Å². The molecule has 0 bridgehead atoms. The summed E-state index contributed by atoms with van der Waals surface area (Å²) < 4.78 is 16.3. The van der Waals surface area contributed by atoms with Crippen LogP contribution >= 0.6 is 0 Å². The summed E-state index contributed by atoms with van der Waals surface area (Å²) in [7, 11) is 0. The van der Waals surface area contributed by atoms with E-state index < -0.39 is 12.0 Å². The maximum atomic E-state index is 12.6. The fourth-order valence-corrected chi connectivity index (χ4v) is 2.53. The molecule has 1 saturated heterocycles. The molecule has 1 aliphatic heterocycles. The van der Waals surface area contributed by atoms with Crippen LogP contribution in [0.2, 0.25) is 0 Å². The number of hydrogen-bond acceptors (Lipinski definition) is 5. The molecule has 0 unspecified atom stereocenters. The molecular formula is C17H17NO6. The van der Waals surface area contributed by atoms with Gasteiger partial charge < -0.3 is 23.9 Å². The molecule has 0 saturated carbocycles. The van der Waals surface area contributed by atoms with Crippen molar-refractivity contribution in [1.82, 2.24) is 4.90 Å². The molecular weight excluding hydrogens is 314 g/mol. The van der Waals surface area contributed by atoms with Crippen molar-refractivity contribution in [2.24, 2.45) is 0 Å². The van der Waals surface area contributed by atoms with Crippen molar-refractivity contribution < 1.29 is 28.6 Å². The number of carbonyl (C=O) groups excluding carboxylic acids is 1. The quantitative estimate of drug-likeness (QED) is 0.905. The van der Waals surface area contributed by atoms with E-state index in [2.05, 4.69) is 0 Å². The van der Waals surface area contributed by atoms with E-state index >= 15 is 0 Å². The second-order valence-corrected chi connectivity index (χ2v) is 5.36. The van der Waals surface area contributed by atoms with Crippen LogP contribution in [-0.4, -0.2) is 47.7 Å². The third-order valence-electron chi connectivity index (χ3n) is 3.65. The third-order valence-corrected chi connectivity index (χ3v) is 3.65. The fourth-order valence-electron chi connectivity index (χ4n) is 2.53. The summed E-state index contributed by atoms with van der Waals surface area (Å²) in [5.74, 6) is -0.435. The number of rotatable bonds is 5. The van der Waals surface area contributed by atoms with Gasteiger partial charge in [-0.15, -0.1) is 0 Å². The van der Waals surface area contributed by atoms with Gasteiger partial charge in [-0.2, -0.15) is 0 Å². The minimum Gasteiger partial charge on any atom is -0.481 e. The van der Waals surface area contributed by atoms with Crippen molar-refractivity contribution in [3.8, 4) is 11.7 Å². The Morgan fingerprint density at radius 1 is 1.21 bits per heavy atom. The van der Waals surface area contributed by atoms with E-state index in [1.807, 2.05) is 18.2 Å². The Morgan fingerprint density at radius 2 is 2.00 bits per heavy atom. The topological polar surface area (TPSA) is 89.2 Å². The van der Waals surface area contributed by atoms with Crippen LogP contribution in [0.3, 0.4) is 0 Å². The molecule has 1 aliphatic rings. The highest BCUT2D eigenvalue weighted by molar-refractivity contribution is 5.92. The summed E-state index contributed by atoms with van der Waals surface area (Å²) in [5.41, 5.74) is 0. The van der Waals surface area contributed by atoms with E-state index in [1.165, 1.54) is 11.0 Å². The van der Waals surface area contributed by atoms with Gasteiger partial charge in [-0.25, -0.2) is 0 Å². The largest absolute Gasteiger partial charge is 0.481 e. The van der Waals surface area contributed by atoms with Gasteiger partial charge in [0.1, 0.15) is 5.75 Å². The lowest BCUT2D eigenvalue weighted by atomic mass is 10.1. The number of carboxylic acids is 1. The lowest BCUT2D eigenvalue weighted by Gasteiger charge is -2.34. The van der Waals surface area contributed by atoms with E-state index in [0.29, 0.717) is 18.9 Å². The van der Waals surface area contributed by atoms with Crippen LogP contribution in [-0.2, 0) is 9.53 Å². The van der Waals surface area contributed by atoms with Crippen LogP contribution in [0.15, 0.2) is 46.9 Å². The number of nitrogens with zero attached hydrogens (tertiary/aromatic N) is 1. The van der Waals surface area contributed by atoms with E-state index in [4.69, 9.17) is 19.0 Å². The van der Waals surface area contributed by atoms with Crippen molar-refractivity contribution in [2.75, 3.05) is 19.8 Å². The minimum atomic E-state index is -0.976. The first kappa shape index (κ1) is 16.1. The highest BCUT2D eigenvalue weighted by atomic mass is 16.6. The van der Waals surface area contributed by atoms with Gasteiger partial charge in [0, 0.05) is 12.6 Å². The second-order valence-electron chi connectivity index (χ2n) is 5.36. The molecule has 0 spiro atoms. The van der Waals surface area contributed by atoms with Crippen LogP contribution in [0.5, 0.6) is 11.7 Å². The number of amides is 1. The number of aliphatic carboxylic acids is 1. The van der Waals surface area contributed by atoms with E-state index in [0.717, 1.165) is 0 Å². The van der Waals surface area contributed by atoms with Gasteiger partial charge in [0.25, 0.3) is 11.9 Å². The fraction of sp³-hybridized carbons (Fsp3) is 0.294. The van der Waals surface area contributed by atoms with E-state index in [1.54, 1.807) is 18.2 Å². The first-order chi connectivity index (χ1) is 11.6. The number of ether oxygens (including phenoxy) is 2.